The van der Waals surface area contributed by atoms with Crippen LogP contribution in [0.15, 0.2) is 207 Å². The summed E-state index contributed by atoms with van der Waals surface area (Å²) >= 11 is 0. The number of hydrogen-bond donors (Lipinski definition) is 1. The lowest BCUT2D eigenvalue weighted by Gasteiger charge is -2.15. The summed E-state index contributed by atoms with van der Waals surface area (Å²) in [7, 11) is 0. The van der Waals surface area contributed by atoms with E-state index < -0.39 is 6.10 Å². The molecule has 0 amide bonds. The van der Waals surface area contributed by atoms with Crippen LogP contribution in [-0.2, 0) is 19.1 Å². The van der Waals surface area contributed by atoms with Crippen molar-refractivity contribution in [3.63, 3.8) is 0 Å². The van der Waals surface area contributed by atoms with Crippen LogP contribution in [0.4, 0.5) is 0 Å². The Morgan fingerprint density at radius 3 is 0.714 bits per heavy atom. The fraction of sp³-hybridized carbons (Fsp3) is 0.544. The van der Waals surface area contributed by atoms with E-state index in [1.165, 1.54) is 77.0 Å². The van der Waals surface area contributed by atoms with Crippen molar-refractivity contribution in [2.24, 2.45) is 0 Å². The van der Waals surface area contributed by atoms with Gasteiger partial charge < -0.3 is 14.6 Å². The summed E-state index contributed by atoms with van der Waals surface area (Å²) in [5, 5.41) is 9.69. The van der Waals surface area contributed by atoms with Crippen LogP contribution in [0, 0.1) is 0 Å². The second-order valence-corrected chi connectivity index (χ2v) is 21.4. The van der Waals surface area contributed by atoms with Crippen molar-refractivity contribution in [1.29, 1.82) is 0 Å². The van der Waals surface area contributed by atoms with Crippen molar-refractivity contribution in [3.8, 4) is 0 Å². The van der Waals surface area contributed by atoms with Crippen molar-refractivity contribution < 1.29 is 24.2 Å². The van der Waals surface area contributed by atoms with Crippen LogP contribution in [0.2, 0.25) is 0 Å². The lowest BCUT2D eigenvalue weighted by atomic mass is 10.1. The van der Waals surface area contributed by atoms with Gasteiger partial charge in [-0.25, -0.2) is 0 Å². The minimum Gasteiger partial charge on any atom is -0.462 e. The molecule has 0 aliphatic rings. The molecule has 0 aromatic carbocycles. The van der Waals surface area contributed by atoms with Gasteiger partial charge >= 0.3 is 11.9 Å². The summed E-state index contributed by atoms with van der Waals surface area (Å²) in [5.41, 5.74) is 0. The molecule has 0 saturated heterocycles. The molecule has 0 saturated carbocycles. The molecule has 5 nitrogen and oxygen atoms in total. The predicted molar refractivity (Wildman–Crippen MR) is 370 cm³/mol. The Hall–Kier alpha value is -5.52. The number of esters is 2. The highest BCUT2D eigenvalue weighted by atomic mass is 16.6. The number of carbonyl (C=O) groups excluding carboxylic acids is 2. The molecule has 5 heteroatoms. The smallest absolute Gasteiger partial charge is 0.306 e. The first-order valence-electron chi connectivity index (χ1n) is 33.6. The van der Waals surface area contributed by atoms with Crippen molar-refractivity contribution in [1.82, 2.24) is 0 Å². The fourth-order valence-corrected chi connectivity index (χ4v) is 8.62. The topological polar surface area (TPSA) is 72.8 Å². The van der Waals surface area contributed by atoms with Gasteiger partial charge in [0, 0.05) is 12.8 Å². The molecule has 0 rings (SSSR count). The Morgan fingerprint density at radius 2 is 0.476 bits per heavy atom. The standard InChI is InChI=1S/C79H122O5/c1-3-5-7-9-11-13-15-17-19-21-23-25-27-29-31-33-34-35-36-37-38-39-40-41-42-43-44-46-48-50-52-54-56-58-60-62-64-66-68-70-72-74-79(82)84-77(75-80)76-83-78(81)73-71-69-67-65-63-61-59-57-55-53-51-49-47-45-32-30-28-26-24-22-20-18-16-14-12-10-8-6-4-2/h5-8,11-14,17-20,23-26,29-32,34-35,37-38,40-41,43-44,47-50,54,56,77,80H,3-4,9-10,15-16,21-22,27-28,33,36,39,42,45-46,51-53,55,57-76H2,1-2H3/b7-5-,8-6-,13-11-,14-12-,19-17-,20-18-,25-23-,26-24-,31-29-,32-30-,35-34-,38-37-,41-40-,44-43-,49-47-,50-48-,56-54-. The van der Waals surface area contributed by atoms with Gasteiger partial charge in [-0.3, -0.25) is 9.59 Å². The van der Waals surface area contributed by atoms with Gasteiger partial charge in [-0.2, -0.15) is 0 Å². The van der Waals surface area contributed by atoms with E-state index in [0.29, 0.717) is 12.8 Å². The molecule has 0 radical (unpaired) electrons. The van der Waals surface area contributed by atoms with Crippen LogP contribution in [-0.4, -0.2) is 36.4 Å². The average Bonchev–Trinajstić information content (AvgIpc) is 3.51. The van der Waals surface area contributed by atoms with Gasteiger partial charge in [-0.1, -0.05) is 304 Å². The van der Waals surface area contributed by atoms with Crippen LogP contribution in [0.3, 0.4) is 0 Å². The number of aliphatic hydroxyl groups is 1. The van der Waals surface area contributed by atoms with Gasteiger partial charge in [0.15, 0.2) is 6.10 Å². The molecule has 1 atom stereocenters. The number of allylic oxidation sites excluding steroid dienone is 34. The predicted octanol–water partition coefficient (Wildman–Crippen LogP) is 23.8. The minimum absolute atomic E-state index is 0.0855. The minimum atomic E-state index is -0.797. The van der Waals surface area contributed by atoms with Crippen molar-refractivity contribution in [3.05, 3.63) is 207 Å². The molecule has 0 aliphatic carbocycles. The molecular formula is C79H122O5. The highest BCUT2D eigenvalue weighted by molar-refractivity contribution is 5.70. The average molecular weight is 1150 g/mol. The zero-order valence-electron chi connectivity index (χ0n) is 53.6. The van der Waals surface area contributed by atoms with Crippen LogP contribution in [0.25, 0.3) is 0 Å². The van der Waals surface area contributed by atoms with Crippen molar-refractivity contribution in [2.45, 2.75) is 264 Å². The molecule has 0 spiro atoms. The van der Waals surface area contributed by atoms with E-state index in [2.05, 4.69) is 220 Å². The molecule has 0 aliphatic heterocycles. The van der Waals surface area contributed by atoms with E-state index >= 15 is 0 Å². The number of rotatable bonds is 59. The number of carbonyl (C=O) groups is 2. The van der Waals surface area contributed by atoms with Gasteiger partial charge in [0.05, 0.1) is 6.61 Å². The van der Waals surface area contributed by atoms with Gasteiger partial charge in [-0.05, 0) is 148 Å². The molecule has 0 heterocycles. The molecular weight excluding hydrogens is 1030 g/mol. The lowest BCUT2D eigenvalue weighted by molar-refractivity contribution is -0.161. The Labute approximate surface area is 517 Å². The van der Waals surface area contributed by atoms with Crippen LogP contribution < -0.4 is 0 Å². The maximum atomic E-state index is 12.4. The summed E-state index contributed by atoms with van der Waals surface area (Å²) in [6.45, 7) is 3.89. The first-order valence-corrected chi connectivity index (χ1v) is 33.6. The number of unbranched alkanes of at least 4 members (excludes halogenated alkanes) is 17. The second kappa shape index (κ2) is 71.7. The Bertz CT molecular complexity index is 1980. The Kier molecular flexibility index (Phi) is 67.0. The normalized spacial score (nSPS) is 13.6. The SMILES string of the molecule is CC/C=C\C/C=C\C/C=C\C/C=C\C/C=C\C/C=C\C/C=C\C/C=C\C/C=C\C/C=C\C/C=C\CCCCCCCCCC(=O)OC(CO)COC(=O)CCCCCCCCCCCC/C=C\C/C=C\C/C=C\C/C=C\C/C=C\C/C=C\CC. The molecule has 0 bridgehead atoms. The molecule has 468 valence electrons. The monoisotopic (exact) mass is 1150 g/mol. The maximum absolute atomic E-state index is 12.4. The second-order valence-electron chi connectivity index (χ2n) is 21.4. The Balaban J connectivity index is 3.63. The van der Waals surface area contributed by atoms with Crippen molar-refractivity contribution >= 4 is 11.9 Å². The quantitative estimate of drug-likeness (QED) is 0.0373. The number of aliphatic hydroxyl groups excluding tert-OH is 1. The summed E-state index contributed by atoms with van der Waals surface area (Å²) in [5.74, 6) is -0.621. The van der Waals surface area contributed by atoms with Gasteiger partial charge in [0.1, 0.15) is 6.61 Å². The zero-order valence-corrected chi connectivity index (χ0v) is 53.6. The van der Waals surface area contributed by atoms with Gasteiger partial charge in [-0.15, -0.1) is 0 Å². The summed E-state index contributed by atoms with van der Waals surface area (Å²) in [4.78, 5) is 24.6. The summed E-state index contributed by atoms with van der Waals surface area (Å²) in [6, 6.07) is 0. The van der Waals surface area contributed by atoms with Crippen LogP contribution >= 0.6 is 0 Å². The third kappa shape index (κ3) is 69.0. The largest absolute Gasteiger partial charge is 0.462 e. The number of ether oxygens (including phenoxy) is 2. The van der Waals surface area contributed by atoms with Gasteiger partial charge in [0.2, 0.25) is 0 Å². The highest BCUT2D eigenvalue weighted by Gasteiger charge is 2.16. The van der Waals surface area contributed by atoms with E-state index in [0.717, 1.165) is 154 Å². The van der Waals surface area contributed by atoms with E-state index in [4.69, 9.17) is 9.47 Å². The van der Waals surface area contributed by atoms with Gasteiger partial charge in [0.25, 0.3) is 0 Å². The van der Waals surface area contributed by atoms with Crippen molar-refractivity contribution in [2.75, 3.05) is 13.2 Å². The summed E-state index contributed by atoms with van der Waals surface area (Å²) in [6.07, 6.45) is 115. The van der Waals surface area contributed by atoms with E-state index in [-0.39, 0.29) is 25.2 Å². The fourth-order valence-electron chi connectivity index (χ4n) is 8.62. The first kappa shape index (κ1) is 78.5. The third-order valence-corrected chi connectivity index (χ3v) is 13.6. The molecule has 0 aromatic rings. The highest BCUT2D eigenvalue weighted by Crippen LogP contribution is 2.14. The molecule has 0 aromatic heterocycles. The molecule has 0 fully saturated rings. The molecule has 84 heavy (non-hydrogen) atoms. The van der Waals surface area contributed by atoms with Crippen LogP contribution in [0.5, 0.6) is 0 Å². The molecule has 1 N–H and O–H groups in total. The lowest BCUT2D eigenvalue weighted by Crippen LogP contribution is -2.28. The summed E-state index contributed by atoms with van der Waals surface area (Å²) < 4.78 is 10.7. The number of hydrogen-bond acceptors (Lipinski definition) is 5. The van der Waals surface area contributed by atoms with E-state index in [1.54, 1.807) is 0 Å². The van der Waals surface area contributed by atoms with Crippen LogP contribution in [0.1, 0.15) is 258 Å². The Morgan fingerprint density at radius 1 is 0.274 bits per heavy atom. The third-order valence-electron chi connectivity index (χ3n) is 13.6. The first-order chi connectivity index (χ1) is 41.6. The van der Waals surface area contributed by atoms with E-state index in [1.807, 2.05) is 0 Å². The molecule has 1 unspecified atom stereocenters. The zero-order chi connectivity index (χ0) is 60.5. The maximum Gasteiger partial charge on any atom is 0.306 e. The van der Waals surface area contributed by atoms with E-state index in [9.17, 15) is 14.7 Å².